The third-order valence-corrected chi connectivity index (χ3v) is 7.12. The number of carbonyl (C=O) groups is 3. The number of nitrogens with zero attached hydrogens (tertiary/aromatic N) is 3. The van der Waals surface area contributed by atoms with E-state index in [1.54, 1.807) is 4.90 Å². The summed E-state index contributed by atoms with van der Waals surface area (Å²) in [6, 6.07) is 12.7. The van der Waals surface area contributed by atoms with Crippen molar-refractivity contribution in [3.8, 4) is 0 Å². The quantitative estimate of drug-likeness (QED) is 0.360. The minimum atomic E-state index is -5.32. The number of amides is 2. The summed E-state index contributed by atoms with van der Waals surface area (Å²) < 4.78 is 53.3. The first-order valence-corrected chi connectivity index (χ1v) is 12.6. The Hall–Kier alpha value is -4.55. The average molecular weight is 576 g/mol. The van der Waals surface area contributed by atoms with E-state index in [-0.39, 0.29) is 66.0 Å². The first kappa shape index (κ1) is 29.4. The van der Waals surface area contributed by atoms with E-state index < -0.39 is 29.4 Å². The van der Waals surface area contributed by atoms with E-state index in [9.17, 15) is 36.7 Å². The smallest absolute Gasteiger partial charge is 0.333 e. The molecule has 0 radical (unpaired) electrons. The molecule has 1 aliphatic heterocycles. The second-order valence-corrected chi connectivity index (χ2v) is 9.70. The fourth-order valence-corrected chi connectivity index (χ4v) is 4.59. The molecule has 1 atom stereocenters. The van der Waals surface area contributed by atoms with Crippen molar-refractivity contribution >= 4 is 17.8 Å². The summed E-state index contributed by atoms with van der Waals surface area (Å²) >= 11 is 0. The highest BCUT2D eigenvalue weighted by Crippen LogP contribution is 2.24. The van der Waals surface area contributed by atoms with Gasteiger partial charge in [0.05, 0.1) is 18.0 Å². The number of rotatable bonds is 6. The zero-order valence-electron chi connectivity index (χ0n) is 22.4. The summed E-state index contributed by atoms with van der Waals surface area (Å²) in [5, 5.41) is 2.07. The van der Waals surface area contributed by atoms with Crippen molar-refractivity contribution in [3.63, 3.8) is 0 Å². The molecular weight excluding hydrogens is 548 g/mol. The number of hydrogen-bond acceptors (Lipinski definition) is 5. The van der Waals surface area contributed by atoms with E-state index in [0.717, 1.165) is 11.6 Å². The third-order valence-electron chi connectivity index (χ3n) is 7.12. The summed E-state index contributed by atoms with van der Waals surface area (Å²) in [7, 11) is 0. The van der Waals surface area contributed by atoms with Crippen LogP contribution in [-0.2, 0) is 16.0 Å². The number of nitrogens with one attached hydrogen (secondary N) is 1. The molecule has 1 aromatic heterocycles. The molecule has 4 rings (SSSR count). The van der Waals surface area contributed by atoms with Crippen LogP contribution >= 0.6 is 0 Å². The van der Waals surface area contributed by atoms with Gasteiger partial charge < -0.3 is 9.80 Å². The number of aromatic nitrogens is 2. The maximum Gasteiger partial charge on any atom is 0.498 e. The number of hydrogen-bond donors (Lipinski definition) is 1. The predicted octanol–water partition coefficient (Wildman–Crippen LogP) is 2.57. The van der Waals surface area contributed by atoms with Crippen molar-refractivity contribution in [2.24, 2.45) is 0 Å². The lowest BCUT2D eigenvalue weighted by Gasteiger charge is -2.38. The first-order valence-electron chi connectivity index (χ1n) is 12.6. The number of H-pyrrole nitrogens is 1. The predicted molar refractivity (Wildman–Crippen MR) is 136 cm³/mol. The van der Waals surface area contributed by atoms with Crippen LogP contribution in [0.15, 0.2) is 53.3 Å². The zero-order chi connectivity index (χ0) is 30.1. The fraction of sp³-hybridized carbons (Fsp3) is 0.321. The number of carbonyl (C=O) groups excluding carboxylic acids is 3. The summed E-state index contributed by atoms with van der Waals surface area (Å²) in [5.41, 5.74) is 0.477. The second-order valence-electron chi connectivity index (χ2n) is 9.70. The maximum absolute atomic E-state index is 14.8. The van der Waals surface area contributed by atoms with Crippen molar-refractivity contribution in [2.75, 3.05) is 19.6 Å². The monoisotopic (exact) mass is 575 g/mol. The van der Waals surface area contributed by atoms with E-state index in [1.807, 2.05) is 37.3 Å². The van der Waals surface area contributed by atoms with Crippen molar-refractivity contribution in [1.82, 2.24) is 14.9 Å². The Balaban J connectivity index is 1.57. The minimum absolute atomic E-state index is 0.0246. The van der Waals surface area contributed by atoms with E-state index in [1.165, 1.54) is 30.9 Å². The van der Waals surface area contributed by atoms with E-state index in [4.69, 9.17) is 0 Å². The number of halogens is 4. The van der Waals surface area contributed by atoms with E-state index in [0.29, 0.717) is 4.85 Å². The molecule has 1 N–H and O–H groups in total. The molecule has 1 aliphatic rings. The Morgan fingerprint density at radius 2 is 1.73 bits per heavy atom. The molecule has 216 valence electrons. The molecule has 2 aromatic carbocycles. The van der Waals surface area contributed by atoms with Gasteiger partial charge in [-0.15, -0.1) is 0 Å². The summed E-state index contributed by atoms with van der Waals surface area (Å²) in [6.45, 7) is 4.91. The van der Waals surface area contributed by atoms with Crippen LogP contribution in [0.3, 0.4) is 0 Å². The van der Waals surface area contributed by atoms with Gasteiger partial charge in [-0.2, -0.15) is 18.0 Å². The van der Waals surface area contributed by atoms with Gasteiger partial charge in [-0.25, -0.2) is 9.18 Å². The van der Waals surface area contributed by atoms with Crippen LogP contribution in [0.1, 0.15) is 51.3 Å². The van der Waals surface area contributed by atoms with Gasteiger partial charge in [0.25, 0.3) is 11.6 Å². The minimum Gasteiger partial charge on any atom is -0.333 e. The van der Waals surface area contributed by atoms with Crippen LogP contribution in [0.2, 0.25) is 0 Å². The summed E-state index contributed by atoms with van der Waals surface area (Å²) in [5.74, 6) is -4.43. The molecule has 1 saturated heterocycles. The summed E-state index contributed by atoms with van der Waals surface area (Å²) in [6.07, 6.45) is -5.55. The second kappa shape index (κ2) is 11.5. The lowest BCUT2D eigenvalue weighted by Crippen LogP contribution is -2.58. The van der Waals surface area contributed by atoms with Gasteiger partial charge in [0.2, 0.25) is 5.91 Å². The molecule has 1 fully saturated rings. The van der Waals surface area contributed by atoms with Gasteiger partial charge in [0.15, 0.2) is 0 Å². The lowest BCUT2D eigenvalue weighted by molar-refractivity contribution is -0.921. The van der Waals surface area contributed by atoms with Crippen molar-refractivity contribution in [1.29, 1.82) is 0 Å². The van der Waals surface area contributed by atoms with Crippen molar-refractivity contribution in [2.45, 2.75) is 39.4 Å². The van der Waals surface area contributed by atoms with Gasteiger partial charge in [0, 0.05) is 24.2 Å². The van der Waals surface area contributed by atoms with Gasteiger partial charge >= 0.3 is 17.7 Å². The molecule has 0 spiro atoms. The Morgan fingerprint density at radius 3 is 2.37 bits per heavy atom. The third kappa shape index (κ3) is 6.28. The average Bonchev–Trinajstić information content (AvgIpc) is 2.94. The van der Waals surface area contributed by atoms with E-state index >= 15 is 0 Å². The van der Waals surface area contributed by atoms with Gasteiger partial charge in [-0.05, 0) is 44.0 Å². The van der Waals surface area contributed by atoms with Crippen molar-refractivity contribution in [3.05, 3.63) is 98.2 Å². The highest BCUT2D eigenvalue weighted by Gasteiger charge is 2.46. The van der Waals surface area contributed by atoms with Crippen LogP contribution in [0.5, 0.6) is 0 Å². The molecule has 0 bridgehead atoms. The number of piperazine rings is 1. The Labute approximate surface area is 231 Å². The van der Waals surface area contributed by atoms with Crippen LogP contribution in [0.4, 0.5) is 17.6 Å². The molecule has 41 heavy (non-hydrogen) atoms. The molecule has 0 unspecified atom stereocenters. The summed E-state index contributed by atoms with van der Waals surface area (Å²) in [4.78, 5) is 57.4. The van der Waals surface area contributed by atoms with Crippen LogP contribution in [0.25, 0.3) is 0 Å². The highest BCUT2D eigenvalue weighted by atomic mass is 19.4. The van der Waals surface area contributed by atoms with Gasteiger partial charge in [0.1, 0.15) is 17.2 Å². The lowest BCUT2D eigenvalue weighted by atomic mass is 10.0. The largest absolute Gasteiger partial charge is 0.498 e. The SMILES string of the molecule is Cc1c(C)c(=O)[nH][n+](OC(=O)C(F)(F)F)c1Cc1ccc(F)c(C(=O)N2CCN([C@@H](C)c3ccccc3)C(=O)C2)c1. The zero-order valence-corrected chi connectivity index (χ0v) is 22.4. The molecular formula is C28H27F4N4O5+. The normalized spacial score (nSPS) is 14.7. The first-order chi connectivity index (χ1) is 19.3. The highest BCUT2D eigenvalue weighted by molar-refractivity contribution is 5.97. The molecule has 0 saturated carbocycles. The molecule has 0 aliphatic carbocycles. The number of aromatic amines is 1. The van der Waals surface area contributed by atoms with Gasteiger partial charge in [-0.3, -0.25) is 14.4 Å². The Bertz CT molecular complexity index is 1560. The molecule has 2 amide bonds. The van der Waals surface area contributed by atoms with Crippen LogP contribution in [0, 0.1) is 19.7 Å². The van der Waals surface area contributed by atoms with Crippen molar-refractivity contribution < 1.29 is 41.6 Å². The maximum atomic E-state index is 14.8. The number of alkyl halides is 3. The topological polar surface area (TPSA) is 104 Å². The van der Waals surface area contributed by atoms with Gasteiger partial charge in [-0.1, -0.05) is 41.5 Å². The standard InChI is InChI=1S/C28H26F4N4O5/c1-16-17(2)25(38)33-36(41-27(40)28(30,31)32)23(16)14-19-9-10-22(29)21(13-19)26(39)34-11-12-35(24(37)15-34)18(3)20-7-5-4-6-8-20/h4-10,13,18H,11-12,14-15H2,1-3H3/p+1/t18-/m0/s1. The number of benzene rings is 2. The van der Waals surface area contributed by atoms with Crippen LogP contribution < -0.4 is 15.2 Å². The molecule has 3 aromatic rings. The van der Waals surface area contributed by atoms with E-state index in [2.05, 4.69) is 9.94 Å². The van der Waals surface area contributed by atoms with Crippen LogP contribution in [-0.4, -0.2) is 58.5 Å². The Kier molecular flexibility index (Phi) is 8.27. The molecule has 2 heterocycles. The molecule has 9 nitrogen and oxygen atoms in total. The molecule has 13 heteroatoms. The fourth-order valence-electron chi connectivity index (χ4n) is 4.59. The Morgan fingerprint density at radius 1 is 1.05 bits per heavy atom.